The molecule has 2 aromatic rings. The standard InChI is InChI=1S/C13H9BrF3NO2/c1-8-9(14)6-7-12(18-8)19-10-4-2-3-5-11(10)20-13(15,16)17/h2-7H,1H3. The number of aromatic nitrogens is 1. The van der Waals surface area contributed by atoms with Crippen molar-refractivity contribution in [2.24, 2.45) is 0 Å². The summed E-state index contributed by atoms with van der Waals surface area (Å²) in [6, 6.07) is 8.76. The minimum atomic E-state index is -4.78. The Labute approximate surface area is 121 Å². The first-order valence-electron chi connectivity index (χ1n) is 5.51. The minimum absolute atomic E-state index is 0.0564. The molecule has 1 heterocycles. The monoisotopic (exact) mass is 347 g/mol. The Morgan fingerprint density at radius 3 is 2.30 bits per heavy atom. The Hall–Kier alpha value is -1.76. The second kappa shape index (κ2) is 5.70. The summed E-state index contributed by atoms with van der Waals surface area (Å²) < 4.78 is 46.8. The zero-order chi connectivity index (χ0) is 14.8. The molecule has 0 aliphatic carbocycles. The van der Waals surface area contributed by atoms with Crippen LogP contribution in [0.2, 0.25) is 0 Å². The molecule has 7 heteroatoms. The first-order valence-corrected chi connectivity index (χ1v) is 6.30. The Kier molecular flexibility index (Phi) is 4.17. The number of rotatable bonds is 3. The molecule has 0 radical (unpaired) electrons. The number of pyridine rings is 1. The van der Waals surface area contributed by atoms with Crippen molar-refractivity contribution < 1.29 is 22.6 Å². The van der Waals surface area contributed by atoms with Gasteiger partial charge in [0.15, 0.2) is 11.5 Å². The summed E-state index contributed by atoms with van der Waals surface area (Å²) in [4.78, 5) is 4.10. The Morgan fingerprint density at radius 2 is 1.70 bits per heavy atom. The summed E-state index contributed by atoms with van der Waals surface area (Å²) >= 11 is 3.28. The normalized spacial score (nSPS) is 11.2. The molecule has 0 N–H and O–H groups in total. The van der Waals surface area contributed by atoms with E-state index >= 15 is 0 Å². The van der Waals surface area contributed by atoms with Gasteiger partial charge in [0, 0.05) is 10.5 Å². The highest BCUT2D eigenvalue weighted by molar-refractivity contribution is 9.10. The summed E-state index contributed by atoms with van der Waals surface area (Å²) in [6.45, 7) is 1.75. The molecule has 0 atom stereocenters. The summed E-state index contributed by atoms with van der Waals surface area (Å²) in [6.07, 6.45) is -4.78. The van der Waals surface area contributed by atoms with E-state index in [2.05, 4.69) is 25.7 Å². The highest BCUT2D eigenvalue weighted by Gasteiger charge is 2.32. The molecule has 1 aromatic heterocycles. The lowest BCUT2D eigenvalue weighted by Gasteiger charge is -2.13. The van der Waals surface area contributed by atoms with Gasteiger partial charge in [-0.05, 0) is 41.1 Å². The summed E-state index contributed by atoms with van der Waals surface area (Å²) in [5, 5.41) is 0. The van der Waals surface area contributed by atoms with Gasteiger partial charge in [0.1, 0.15) is 0 Å². The molecule has 3 nitrogen and oxygen atoms in total. The zero-order valence-corrected chi connectivity index (χ0v) is 11.8. The number of ether oxygens (including phenoxy) is 2. The molecule has 0 bridgehead atoms. The lowest BCUT2D eigenvalue weighted by atomic mass is 10.3. The van der Waals surface area contributed by atoms with Crippen LogP contribution in [0.15, 0.2) is 40.9 Å². The molecule has 0 saturated heterocycles. The fourth-order valence-corrected chi connectivity index (χ4v) is 1.65. The van der Waals surface area contributed by atoms with Crippen LogP contribution in [0.1, 0.15) is 5.69 Å². The number of aryl methyl sites for hydroxylation is 1. The third-order valence-corrected chi connectivity index (χ3v) is 3.12. The third-order valence-electron chi connectivity index (χ3n) is 2.29. The molecule has 20 heavy (non-hydrogen) atoms. The zero-order valence-electron chi connectivity index (χ0n) is 10.2. The van der Waals surface area contributed by atoms with Crippen LogP contribution in [0, 0.1) is 6.92 Å². The number of nitrogens with zero attached hydrogens (tertiary/aromatic N) is 1. The number of hydrogen-bond donors (Lipinski definition) is 0. The first-order chi connectivity index (χ1) is 9.35. The van der Waals surface area contributed by atoms with Crippen molar-refractivity contribution >= 4 is 15.9 Å². The van der Waals surface area contributed by atoms with Crippen LogP contribution in [0.3, 0.4) is 0 Å². The maximum absolute atomic E-state index is 12.3. The maximum atomic E-state index is 12.3. The number of alkyl halides is 3. The number of halogens is 4. The van der Waals surface area contributed by atoms with Crippen LogP contribution < -0.4 is 9.47 Å². The van der Waals surface area contributed by atoms with Crippen molar-refractivity contribution in [2.45, 2.75) is 13.3 Å². The van der Waals surface area contributed by atoms with Crippen LogP contribution in [-0.4, -0.2) is 11.3 Å². The van der Waals surface area contributed by atoms with Crippen molar-refractivity contribution in [2.75, 3.05) is 0 Å². The van der Waals surface area contributed by atoms with E-state index < -0.39 is 12.1 Å². The highest BCUT2D eigenvalue weighted by Crippen LogP contribution is 2.34. The smallest absolute Gasteiger partial charge is 0.435 e. The fraction of sp³-hybridized carbons (Fsp3) is 0.154. The van der Waals surface area contributed by atoms with Gasteiger partial charge in [0.05, 0.1) is 5.69 Å². The van der Waals surface area contributed by atoms with Crippen molar-refractivity contribution in [1.82, 2.24) is 4.98 Å². The van der Waals surface area contributed by atoms with Crippen LogP contribution >= 0.6 is 15.9 Å². The van der Waals surface area contributed by atoms with Crippen LogP contribution in [0.25, 0.3) is 0 Å². The average Bonchev–Trinajstić information content (AvgIpc) is 2.34. The quantitative estimate of drug-likeness (QED) is 0.795. The van der Waals surface area contributed by atoms with E-state index in [1.165, 1.54) is 18.2 Å². The van der Waals surface area contributed by atoms with E-state index in [-0.39, 0.29) is 11.6 Å². The molecule has 106 valence electrons. The number of para-hydroxylation sites is 2. The van der Waals surface area contributed by atoms with Gasteiger partial charge >= 0.3 is 6.36 Å². The second-order valence-electron chi connectivity index (χ2n) is 3.81. The molecule has 0 aliphatic heterocycles. The molecular weight excluding hydrogens is 339 g/mol. The molecule has 0 saturated carbocycles. The Bertz CT molecular complexity index is 617. The summed E-state index contributed by atoms with van der Waals surface area (Å²) in [5.41, 5.74) is 0.664. The summed E-state index contributed by atoms with van der Waals surface area (Å²) in [5.74, 6) is -0.287. The number of benzene rings is 1. The van der Waals surface area contributed by atoms with E-state index in [1.54, 1.807) is 25.1 Å². The van der Waals surface area contributed by atoms with Crippen LogP contribution in [-0.2, 0) is 0 Å². The van der Waals surface area contributed by atoms with Crippen LogP contribution in [0.4, 0.5) is 13.2 Å². The second-order valence-corrected chi connectivity index (χ2v) is 4.67. The molecule has 0 unspecified atom stereocenters. The van der Waals surface area contributed by atoms with Gasteiger partial charge in [0.25, 0.3) is 0 Å². The van der Waals surface area contributed by atoms with E-state index in [9.17, 15) is 13.2 Å². The predicted octanol–water partition coefficient (Wildman–Crippen LogP) is 4.84. The van der Waals surface area contributed by atoms with Gasteiger partial charge in [-0.25, -0.2) is 4.98 Å². The van der Waals surface area contributed by atoms with Gasteiger partial charge in [-0.1, -0.05) is 12.1 Å². The van der Waals surface area contributed by atoms with Gasteiger partial charge in [-0.2, -0.15) is 0 Å². The number of hydrogen-bond acceptors (Lipinski definition) is 3. The molecule has 0 aliphatic rings. The minimum Gasteiger partial charge on any atom is -0.435 e. The first kappa shape index (κ1) is 14.6. The predicted molar refractivity (Wildman–Crippen MR) is 69.9 cm³/mol. The molecule has 1 aromatic carbocycles. The van der Waals surface area contributed by atoms with Crippen molar-refractivity contribution in [3.8, 4) is 17.4 Å². The molecular formula is C13H9BrF3NO2. The van der Waals surface area contributed by atoms with E-state index in [1.807, 2.05) is 0 Å². The van der Waals surface area contributed by atoms with E-state index in [0.29, 0.717) is 5.69 Å². The molecule has 0 spiro atoms. The average molecular weight is 348 g/mol. The van der Waals surface area contributed by atoms with Crippen LogP contribution in [0.5, 0.6) is 17.4 Å². The Balaban J connectivity index is 2.27. The van der Waals surface area contributed by atoms with Crippen molar-refractivity contribution in [3.05, 3.63) is 46.6 Å². The SMILES string of the molecule is Cc1nc(Oc2ccccc2OC(F)(F)F)ccc1Br. The lowest BCUT2D eigenvalue weighted by molar-refractivity contribution is -0.275. The largest absolute Gasteiger partial charge is 0.573 e. The van der Waals surface area contributed by atoms with E-state index in [0.717, 1.165) is 4.47 Å². The van der Waals surface area contributed by atoms with Crippen molar-refractivity contribution in [1.29, 1.82) is 0 Å². The van der Waals surface area contributed by atoms with Gasteiger partial charge in [0.2, 0.25) is 5.88 Å². The topological polar surface area (TPSA) is 31.4 Å². The van der Waals surface area contributed by atoms with Gasteiger partial charge in [-0.3, -0.25) is 0 Å². The fourth-order valence-electron chi connectivity index (χ4n) is 1.43. The van der Waals surface area contributed by atoms with E-state index in [4.69, 9.17) is 4.74 Å². The Morgan fingerprint density at radius 1 is 1.05 bits per heavy atom. The molecule has 0 amide bonds. The lowest BCUT2D eigenvalue weighted by Crippen LogP contribution is -2.17. The van der Waals surface area contributed by atoms with Crippen molar-refractivity contribution in [3.63, 3.8) is 0 Å². The molecule has 2 rings (SSSR count). The maximum Gasteiger partial charge on any atom is 0.573 e. The highest BCUT2D eigenvalue weighted by atomic mass is 79.9. The third kappa shape index (κ3) is 3.86. The summed E-state index contributed by atoms with van der Waals surface area (Å²) in [7, 11) is 0. The molecule has 0 fully saturated rings. The van der Waals surface area contributed by atoms with Gasteiger partial charge in [-0.15, -0.1) is 13.2 Å². The van der Waals surface area contributed by atoms with Gasteiger partial charge < -0.3 is 9.47 Å².